The first-order valence-corrected chi connectivity index (χ1v) is 5.69. The van der Waals surface area contributed by atoms with Crippen molar-refractivity contribution in [3.05, 3.63) is 23.3 Å². The molecule has 0 aliphatic heterocycles. The average Bonchev–Trinajstić information content (AvgIpc) is 2.42. The highest BCUT2D eigenvalue weighted by molar-refractivity contribution is 7.80. The van der Waals surface area contributed by atoms with Crippen LogP contribution in [-0.4, -0.2) is 26.3 Å². The highest BCUT2D eigenvalue weighted by atomic mass is 32.1. The smallest absolute Gasteiger partial charge is 0.203 e. The molecule has 0 aromatic heterocycles. The van der Waals surface area contributed by atoms with Gasteiger partial charge >= 0.3 is 0 Å². The van der Waals surface area contributed by atoms with Gasteiger partial charge in [0.25, 0.3) is 0 Å². The minimum absolute atomic E-state index is 0.0382. The van der Waals surface area contributed by atoms with Crippen LogP contribution in [0.2, 0.25) is 0 Å². The van der Waals surface area contributed by atoms with Crippen molar-refractivity contribution in [2.24, 2.45) is 5.73 Å². The number of nitriles is 1. The Bertz CT molecular complexity index is 536. The molecule has 0 aliphatic carbocycles. The van der Waals surface area contributed by atoms with Crippen LogP contribution in [-0.2, 0) is 0 Å². The van der Waals surface area contributed by atoms with E-state index in [2.05, 4.69) is 0 Å². The largest absolute Gasteiger partial charge is 0.493 e. The monoisotopic (exact) mass is 278 g/mol. The molecule has 0 unspecified atom stereocenters. The number of nitrogens with zero attached hydrogens (tertiary/aromatic N) is 1. The Morgan fingerprint density at radius 2 is 1.74 bits per heavy atom. The fourth-order valence-electron chi connectivity index (χ4n) is 1.51. The van der Waals surface area contributed by atoms with E-state index >= 15 is 0 Å². The van der Waals surface area contributed by atoms with Crippen LogP contribution in [0.1, 0.15) is 5.56 Å². The molecule has 0 radical (unpaired) electrons. The number of rotatable bonds is 5. The first-order valence-electron chi connectivity index (χ1n) is 5.29. The van der Waals surface area contributed by atoms with E-state index in [4.69, 9.17) is 37.4 Å². The molecule has 0 saturated heterocycles. The van der Waals surface area contributed by atoms with Gasteiger partial charge in [0, 0.05) is 0 Å². The summed E-state index contributed by atoms with van der Waals surface area (Å²) in [5.74, 6) is 1.47. The first-order chi connectivity index (χ1) is 9.07. The Hall–Kier alpha value is -2.26. The summed E-state index contributed by atoms with van der Waals surface area (Å²) in [6.45, 7) is 0. The maximum absolute atomic E-state index is 8.94. The molecule has 0 amide bonds. The van der Waals surface area contributed by atoms with E-state index < -0.39 is 0 Å². The molecule has 0 heterocycles. The summed E-state index contributed by atoms with van der Waals surface area (Å²) in [5.41, 5.74) is 6.34. The molecule has 5 nitrogen and oxygen atoms in total. The van der Waals surface area contributed by atoms with Crippen LogP contribution in [0.25, 0.3) is 6.08 Å². The summed E-state index contributed by atoms with van der Waals surface area (Å²) in [6.07, 6.45) is 1.56. The van der Waals surface area contributed by atoms with Crippen molar-refractivity contribution in [3.63, 3.8) is 0 Å². The van der Waals surface area contributed by atoms with Gasteiger partial charge in [-0.1, -0.05) is 12.2 Å². The van der Waals surface area contributed by atoms with E-state index in [9.17, 15) is 0 Å². The lowest BCUT2D eigenvalue weighted by Crippen LogP contribution is -2.09. The predicted molar refractivity (Wildman–Crippen MR) is 76.5 cm³/mol. The predicted octanol–water partition coefficient (Wildman–Crippen LogP) is 1.91. The fraction of sp³-hybridized carbons (Fsp3) is 0.231. The molecule has 0 aliphatic rings. The van der Waals surface area contributed by atoms with Crippen molar-refractivity contribution in [1.29, 1.82) is 5.26 Å². The van der Waals surface area contributed by atoms with Gasteiger partial charge < -0.3 is 19.9 Å². The van der Waals surface area contributed by atoms with Gasteiger partial charge in [0.15, 0.2) is 11.5 Å². The fourth-order valence-corrected chi connectivity index (χ4v) is 1.61. The van der Waals surface area contributed by atoms with Crippen LogP contribution in [0, 0.1) is 11.3 Å². The zero-order valence-corrected chi connectivity index (χ0v) is 11.7. The average molecular weight is 278 g/mol. The highest BCUT2D eigenvalue weighted by Crippen LogP contribution is 2.38. The van der Waals surface area contributed by atoms with Gasteiger partial charge in [-0.25, -0.2) is 0 Å². The maximum atomic E-state index is 8.94. The molecule has 0 spiro atoms. The third-order valence-corrected chi connectivity index (χ3v) is 2.60. The molecule has 1 rings (SSSR count). The molecule has 0 atom stereocenters. The van der Waals surface area contributed by atoms with Crippen molar-refractivity contribution >= 4 is 23.3 Å². The summed E-state index contributed by atoms with van der Waals surface area (Å²) in [5, 5.41) is 8.94. The molecule has 0 bridgehead atoms. The van der Waals surface area contributed by atoms with Gasteiger partial charge in [-0.3, -0.25) is 0 Å². The maximum Gasteiger partial charge on any atom is 0.203 e. The molecule has 0 saturated carbocycles. The summed E-state index contributed by atoms with van der Waals surface area (Å²) < 4.78 is 15.6. The van der Waals surface area contributed by atoms with E-state index in [1.165, 1.54) is 21.3 Å². The van der Waals surface area contributed by atoms with Gasteiger partial charge in [-0.15, -0.1) is 0 Å². The molecule has 19 heavy (non-hydrogen) atoms. The topological polar surface area (TPSA) is 77.5 Å². The second kappa shape index (κ2) is 6.61. The molecule has 0 fully saturated rings. The number of thiocarbonyl (C=S) groups is 1. The van der Waals surface area contributed by atoms with Crippen LogP contribution in [0.3, 0.4) is 0 Å². The van der Waals surface area contributed by atoms with Gasteiger partial charge in [0.1, 0.15) is 11.1 Å². The third kappa shape index (κ3) is 3.36. The van der Waals surface area contributed by atoms with Gasteiger partial charge in [0.2, 0.25) is 5.75 Å². The van der Waals surface area contributed by atoms with E-state index in [0.717, 1.165) is 0 Å². The van der Waals surface area contributed by atoms with Crippen molar-refractivity contribution in [1.82, 2.24) is 0 Å². The van der Waals surface area contributed by atoms with Gasteiger partial charge in [0.05, 0.1) is 26.9 Å². The molecule has 1 aromatic rings. The van der Waals surface area contributed by atoms with Crippen molar-refractivity contribution < 1.29 is 14.2 Å². The van der Waals surface area contributed by atoms with Crippen LogP contribution in [0.4, 0.5) is 0 Å². The van der Waals surface area contributed by atoms with E-state index in [1.807, 2.05) is 6.07 Å². The second-order valence-electron chi connectivity index (χ2n) is 3.49. The Kier molecular flexibility index (Phi) is 5.15. The second-order valence-corrected chi connectivity index (χ2v) is 3.93. The summed E-state index contributed by atoms with van der Waals surface area (Å²) >= 11 is 4.79. The number of ether oxygens (including phenoxy) is 3. The van der Waals surface area contributed by atoms with E-state index in [0.29, 0.717) is 22.8 Å². The van der Waals surface area contributed by atoms with Crippen LogP contribution >= 0.6 is 12.2 Å². The number of hydrogen-bond acceptors (Lipinski definition) is 5. The summed E-state index contributed by atoms with van der Waals surface area (Å²) in [6, 6.07) is 5.35. The number of benzene rings is 1. The molecule has 100 valence electrons. The molecule has 1 aromatic carbocycles. The van der Waals surface area contributed by atoms with E-state index in [1.54, 1.807) is 18.2 Å². The normalized spacial score (nSPS) is 10.5. The quantitative estimate of drug-likeness (QED) is 0.503. The Balaban J connectivity index is 3.39. The van der Waals surface area contributed by atoms with Gasteiger partial charge in [-0.05, 0) is 23.8 Å². The van der Waals surface area contributed by atoms with E-state index in [-0.39, 0.29) is 10.6 Å². The Morgan fingerprint density at radius 3 is 2.05 bits per heavy atom. The molecule has 6 heteroatoms. The van der Waals surface area contributed by atoms with Crippen molar-refractivity contribution in [2.45, 2.75) is 0 Å². The number of methoxy groups -OCH3 is 3. The molecular weight excluding hydrogens is 264 g/mol. The molecular formula is C13H14N2O3S. The lowest BCUT2D eigenvalue weighted by molar-refractivity contribution is 0.324. The highest BCUT2D eigenvalue weighted by Gasteiger charge is 2.13. The lowest BCUT2D eigenvalue weighted by Gasteiger charge is -2.13. The minimum Gasteiger partial charge on any atom is -0.493 e. The zero-order valence-electron chi connectivity index (χ0n) is 10.9. The van der Waals surface area contributed by atoms with Crippen LogP contribution < -0.4 is 19.9 Å². The Labute approximate surface area is 117 Å². The lowest BCUT2D eigenvalue weighted by atomic mass is 10.1. The van der Waals surface area contributed by atoms with Gasteiger partial charge in [-0.2, -0.15) is 5.26 Å². The van der Waals surface area contributed by atoms with Crippen LogP contribution in [0.5, 0.6) is 17.2 Å². The van der Waals surface area contributed by atoms with Crippen molar-refractivity contribution in [2.75, 3.05) is 21.3 Å². The summed E-state index contributed by atoms with van der Waals surface area (Å²) in [7, 11) is 4.55. The zero-order chi connectivity index (χ0) is 14.4. The first kappa shape index (κ1) is 14.8. The number of hydrogen-bond donors (Lipinski definition) is 1. The van der Waals surface area contributed by atoms with Crippen LogP contribution in [0.15, 0.2) is 17.7 Å². The van der Waals surface area contributed by atoms with Crippen molar-refractivity contribution in [3.8, 4) is 23.3 Å². The minimum atomic E-state index is 0.0382. The SMILES string of the molecule is COc1cc(C=C(C#N)C(N)=S)cc(OC)c1OC. The number of nitrogens with two attached hydrogens (primary N) is 1. The molecule has 2 N–H and O–H groups in total. The Morgan fingerprint density at radius 1 is 1.21 bits per heavy atom. The standard InChI is InChI=1S/C13H14N2O3S/c1-16-10-5-8(4-9(7-14)13(15)19)6-11(17-2)12(10)18-3/h4-6H,1-3H3,(H2,15,19). The third-order valence-electron chi connectivity index (χ3n) is 2.38. The summed E-state index contributed by atoms with van der Waals surface area (Å²) in [4.78, 5) is 0.0382.